The van der Waals surface area contributed by atoms with Gasteiger partial charge in [0.05, 0.1) is 6.04 Å². The van der Waals surface area contributed by atoms with Crippen molar-refractivity contribution < 1.29 is 4.79 Å². The molecule has 0 spiro atoms. The van der Waals surface area contributed by atoms with E-state index in [9.17, 15) is 4.79 Å². The molecule has 0 N–H and O–H groups in total. The Morgan fingerprint density at radius 1 is 1.41 bits per heavy atom. The molecule has 0 saturated carbocycles. The highest BCUT2D eigenvalue weighted by molar-refractivity contribution is 5.88. The second kappa shape index (κ2) is 5.01. The van der Waals surface area contributed by atoms with Crippen molar-refractivity contribution in [2.75, 3.05) is 6.54 Å². The molecule has 1 heterocycles. The molecule has 1 aromatic rings. The summed E-state index contributed by atoms with van der Waals surface area (Å²) in [5.41, 5.74) is 2.54. The maximum Gasteiger partial charge on any atom is 0.157 e. The third kappa shape index (κ3) is 2.14. The number of carbonyl (C=O) groups is 1. The number of hydrogen-bond acceptors (Lipinski definition) is 2. The first-order chi connectivity index (χ1) is 8.19. The number of ketones is 1. The van der Waals surface area contributed by atoms with E-state index in [0.717, 1.165) is 19.5 Å². The maximum absolute atomic E-state index is 12.5. The van der Waals surface area contributed by atoms with Crippen LogP contribution in [0.5, 0.6) is 0 Å². The van der Waals surface area contributed by atoms with E-state index >= 15 is 0 Å². The number of nitrogens with zero attached hydrogens (tertiary/aromatic N) is 1. The third-order valence-corrected chi connectivity index (χ3v) is 3.86. The Bertz CT molecular complexity index is 413. The fourth-order valence-corrected chi connectivity index (χ4v) is 2.55. The van der Waals surface area contributed by atoms with E-state index in [1.54, 1.807) is 0 Å². The summed E-state index contributed by atoms with van der Waals surface area (Å²) in [6, 6.07) is 8.33. The molecule has 2 heteroatoms. The van der Waals surface area contributed by atoms with Crippen molar-refractivity contribution in [3.05, 3.63) is 35.4 Å². The zero-order chi connectivity index (χ0) is 12.4. The second-order valence-corrected chi connectivity index (χ2v) is 4.88. The second-order valence-electron chi connectivity index (χ2n) is 4.88. The van der Waals surface area contributed by atoms with Gasteiger partial charge in [-0.1, -0.05) is 45.0 Å². The van der Waals surface area contributed by atoms with Crippen molar-refractivity contribution in [1.82, 2.24) is 4.90 Å². The first-order valence-corrected chi connectivity index (χ1v) is 6.54. The Hall–Kier alpha value is -1.15. The number of rotatable bonds is 4. The van der Waals surface area contributed by atoms with Crippen LogP contribution in [0.4, 0.5) is 0 Å². The Morgan fingerprint density at radius 3 is 2.76 bits per heavy atom. The molecular weight excluding hydrogens is 210 g/mol. The predicted molar refractivity (Wildman–Crippen MR) is 69.7 cm³/mol. The number of carbonyl (C=O) groups excluding carboxylic acids is 1. The highest BCUT2D eigenvalue weighted by Crippen LogP contribution is 2.35. The lowest BCUT2D eigenvalue weighted by molar-refractivity contribution is -0.127. The van der Waals surface area contributed by atoms with Crippen molar-refractivity contribution in [2.24, 2.45) is 5.92 Å². The molecule has 2 nitrogen and oxygen atoms in total. The first-order valence-electron chi connectivity index (χ1n) is 6.54. The summed E-state index contributed by atoms with van der Waals surface area (Å²) in [6.07, 6.45) is 0.926. The normalized spacial score (nSPS) is 21.2. The number of likely N-dealkylation sites (N-methyl/N-ethyl adjacent to an activating group) is 1. The zero-order valence-corrected chi connectivity index (χ0v) is 10.9. The Morgan fingerprint density at radius 2 is 2.12 bits per heavy atom. The standard InChI is InChI=1S/C15H21NO/c1-4-11(3)15(17)14-13-9-7-6-8-12(13)10-16(14)5-2/h6-9,11,14H,4-5,10H2,1-3H3. The molecule has 0 aliphatic carbocycles. The summed E-state index contributed by atoms with van der Waals surface area (Å²) < 4.78 is 0. The van der Waals surface area contributed by atoms with Gasteiger partial charge in [-0.05, 0) is 24.1 Å². The molecular formula is C15H21NO. The van der Waals surface area contributed by atoms with Crippen LogP contribution >= 0.6 is 0 Å². The Balaban J connectivity index is 2.33. The minimum atomic E-state index is -0.00819. The van der Waals surface area contributed by atoms with E-state index in [-0.39, 0.29) is 12.0 Å². The molecule has 2 unspecified atom stereocenters. The third-order valence-electron chi connectivity index (χ3n) is 3.86. The van der Waals surface area contributed by atoms with Crippen LogP contribution in [0, 0.1) is 5.92 Å². The Kier molecular flexibility index (Phi) is 3.63. The molecule has 92 valence electrons. The highest BCUT2D eigenvalue weighted by atomic mass is 16.1. The van der Waals surface area contributed by atoms with Crippen molar-refractivity contribution in [3.63, 3.8) is 0 Å². The van der Waals surface area contributed by atoms with Gasteiger partial charge in [-0.25, -0.2) is 0 Å². The van der Waals surface area contributed by atoms with Crippen LogP contribution in [0.1, 0.15) is 44.4 Å². The number of hydrogen-bond donors (Lipinski definition) is 0. The van der Waals surface area contributed by atoms with Crippen LogP contribution in [0.25, 0.3) is 0 Å². The number of fused-ring (bicyclic) bond motifs is 1. The molecule has 1 aliphatic rings. The van der Waals surface area contributed by atoms with Gasteiger partial charge >= 0.3 is 0 Å². The molecule has 0 aromatic heterocycles. The molecule has 1 aliphatic heterocycles. The fraction of sp³-hybridized carbons (Fsp3) is 0.533. The van der Waals surface area contributed by atoms with Gasteiger partial charge in [-0.2, -0.15) is 0 Å². The number of benzene rings is 1. The van der Waals surface area contributed by atoms with E-state index < -0.39 is 0 Å². The van der Waals surface area contributed by atoms with Gasteiger partial charge in [0.15, 0.2) is 5.78 Å². The minimum Gasteiger partial charge on any atom is -0.297 e. The summed E-state index contributed by atoms with van der Waals surface area (Å²) in [5.74, 6) is 0.527. The summed E-state index contributed by atoms with van der Waals surface area (Å²) in [7, 11) is 0. The van der Waals surface area contributed by atoms with E-state index in [0.29, 0.717) is 5.78 Å². The van der Waals surface area contributed by atoms with Crippen molar-refractivity contribution in [3.8, 4) is 0 Å². The van der Waals surface area contributed by atoms with Crippen LogP contribution in [0.3, 0.4) is 0 Å². The SMILES string of the molecule is CCC(C)C(=O)C1c2ccccc2CN1CC. The van der Waals surface area contributed by atoms with E-state index in [2.05, 4.69) is 36.9 Å². The summed E-state index contributed by atoms with van der Waals surface area (Å²) in [5, 5.41) is 0. The van der Waals surface area contributed by atoms with Gasteiger partial charge in [0.2, 0.25) is 0 Å². The lowest BCUT2D eigenvalue weighted by Gasteiger charge is -2.24. The smallest absolute Gasteiger partial charge is 0.157 e. The van der Waals surface area contributed by atoms with Crippen LogP contribution in [0.15, 0.2) is 24.3 Å². The molecule has 2 atom stereocenters. The molecule has 0 fully saturated rings. The summed E-state index contributed by atoms with van der Waals surface area (Å²) in [4.78, 5) is 14.7. The lowest BCUT2D eigenvalue weighted by Crippen LogP contribution is -2.31. The van der Waals surface area contributed by atoms with Gasteiger partial charge < -0.3 is 0 Å². The molecule has 2 rings (SSSR count). The monoisotopic (exact) mass is 231 g/mol. The van der Waals surface area contributed by atoms with Crippen molar-refractivity contribution >= 4 is 5.78 Å². The molecule has 0 amide bonds. The van der Waals surface area contributed by atoms with Gasteiger partial charge in [0, 0.05) is 12.5 Å². The largest absolute Gasteiger partial charge is 0.297 e. The molecule has 0 radical (unpaired) electrons. The number of Topliss-reactive ketones (excluding diaryl/α,β-unsaturated/α-hetero) is 1. The molecule has 17 heavy (non-hydrogen) atoms. The van der Waals surface area contributed by atoms with Gasteiger partial charge in [-0.3, -0.25) is 9.69 Å². The van der Waals surface area contributed by atoms with Crippen molar-refractivity contribution in [2.45, 2.75) is 39.8 Å². The molecule has 1 aromatic carbocycles. The van der Waals surface area contributed by atoms with Crippen LogP contribution < -0.4 is 0 Å². The van der Waals surface area contributed by atoms with E-state index in [1.165, 1.54) is 11.1 Å². The van der Waals surface area contributed by atoms with Crippen LogP contribution in [0.2, 0.25) is 0 Å². The zero-order valence-electron chi connectivity index (χ0n) is 10.9. The van der Waals surface area contributed by atoms with E-state index in [1.807, 2.05) is 13.0 Å². The van der Waals surface area contributed by atoms with Crippen LogP contribution in [-0.4, -0.2) is 17.2 Å². The van der Waals surface area contributed by atoms with Gasteiger partial charge in [-0.15, -0.1) is 0 Å². The summed E-state index contributed by atoms with van der Waals surface area (Å²) in [6.45, 7) is 8.10. The average Bonchev–Trinajstić information content (AvgIpc) is 2.75. The van der Waals surface area contributed by atoms with Crippen LogP contribution in [-0.2, 0) is 11.3 Å². The highest BCUT2D eigenvalue weighted by Gasteiger charge is 2.35. The topological polar surface area (TPSA) is 20.3 Å². The fourth-order valence-electron chi connectivity index (χ4n) is 2.55. The Labute approximate surface area is 104 Å². The first kappa shape index (κ1) is 12.3. The maximum atomic E-state index is 12.5. The summed E-state index contributed by atoms with van der Waals surface area (Å²) >= 11 is 0. The van der Waals surface area contributed by atoms with E-state index in [4.69, 9.17) is 0 Å². The minimum absolute atomic E-state index is 0.00819. The molecule has 0 bridgehead atoms. The van der Waals surface area contributed by atoms with Gasteiger partial charge in [0.1, 0.15) is 0 Å². The quantitative estimate of drug-likeness (QED) is 0.793. The average molecular weight is 231 g/mol. The lowest BCUT2D eigenvalue weighted by atomic mass is 9.92. The van der Waals surface area contributed by atoms with Gasteiger partial charge in [0.25, 0.3) is 0 Å². The molecule has 0 saturated heterocycles. The van der Waals surface area contributed by atoms with Crippen molar-refractivity contribution in [1.29, 1.82) is 0 Å². The predicted octanol–water partition coefficient (Wildman–Crippen LogP) is 3.18.